The third-order valence-corrected chi connectivity index (χ3v) is 3.35. The highest BCUT2D eigenvalue weighted by Crippen LogP contribution is 2.14. The summed E-state index contributed by atoms with van der Waals surface area (Å²) >= 11 is 0. The number of rotatable bonds is 6. The van der Waals surface area contributed by atoms with Gasteiger partial charge in [0.05, 0.1) is 18.7 Å². The van der Waals surface area contributed by atoms with Gasteiger partial charge in [-0.2, -0.15) is 0 Å². The Bertz CT molecular complexity index is 800. The fourth-order valence-electron chi connectivity index (χ4n) is 2.17. The number of benzene rings is 2. The summed E-state index contributed by atoms with van der Waals surface area (Å²) in [4.78, 5) is 12.0. The molecule has 1 amide bonds. The minimum atomic E-state index is -0.0992. The molecule has 0 radical (unpaired) electrons. The standard InChI is InChI=1S/C17H17N5O2/c1-13-3-2-4-16(11-13)24-10-9-17(23)19-14-5-7-15(8-6-14)22-12-18-20-21-22/h2-8,11-12H,9-10H2,1H3,(H,19,23). The number of tetrazole rings is 1. The molecule has 7 heteroatoms. The van der Waals surface area contributed by atoms with Crippen LogP contribution in [0.15, 0.2) is 54.9 Å². The molecule has 0 saturated carbocycles. The molecule has 0 fully saturated rings. The predicted molar refractivity (Wildman–Crippen MR) is 89.1 cm³/mol. The van der Waals surface area contributed by atoms with E-state index in [2.05, 4.69) is 20.8 Å². The van der Waals surface area contributed by atoms with E-state index in [1.54, 1.807) is 16.8 Å². The molecule has 1 aromatic heterocycles. The quantitative estimate of drug-likeness (QED) is 0.753. The molecule has 7 nitrogen and oxygen atoms in total. The van der Waals surface area contributed by atoms with Gasteiger partial charge in [0, 0.05) is 5.69 Å². The molecule has 0 bridgehead atoms. The van der Waals surface area contributed by atoms with E-state index in [0.717, 1.165) is 17.0 Å². The van der Waals surface area contributed by atoms with E-state index < -0.39 is 0 Å². The molecule has 0 atom stereocenters. The Kier molecular flexibility index (Phi) is 4.81. The van der Waals surface area contributed by atoms with Gasteiger partial charge in [-0.1, -0.05) is 12.1 Å². The topological polar surface area (TPSA) is 81.9 Å². The number of ether oxygens (including phenoxy) is 1. The normalized spacial score (nSPS) is 10.4. The van der Waals surface area contributed by atoms with Crippen LogP contribution in [0, 0.1) is 6.92 Å². The number of nitrogens with zero attached hydrogens (tertiary/aromatic N) is 4. The van der Waals surface area contributed by atoms with Crippen molar-refractivity contribution < 1.29 is 9.53 Å². The van der Waals surface area contributed by atoms with Gasteiger partial charge >= 0.3 is 0 Å². The summed E-state index contributed by atoms with van der Waals surface area (Å²) in [7, 11) is 0. The Morgan fingerprint density at radius 1 is 1.21 bits per heavy atom. The smallest absolute Gasteiger partial charge is 0.227 e. The highest BCUT2D eigenvalue weighted by atomic mass is 16.5. The number of nitrogens with one attached hydrogen (secondary N) is 1. The zero-order valence-electron chi connectivity index (χ0n) is 13.2. The second-order valence-electron chi connectivity index (χ2n) is 5.26. The van der Waals surface area contributed by atoms with E-state index in [-0.39, 0.29) is 12.3 Å². The second kappa shape index (κ2) is 7.36. The van der Waals surface area contributed by atoms with Crippen LogP contribution in [0.4, 0.5) is 5.69 Å². The summed E-state index contributed by atoms with van der Waals surface area (Å²) in [6.45, 7) is 2.33. The molecule has 0 unspecified atom stereocenters. The highest BCUT2D eigenvalue weighted by molar-refractivity contribution is 5.90. The summed E-state index contributed by atoms with van der Waals surface area (Å²) in [5.41, 5.74) is 2.66. The van der Waals surface area contributed by atoms with Crippen LogP contribution < -0.4 is 10.1 Å². The zero-order chi connectivity index (χ0) is 16.8. The fraction of sp³-hybridized carbons (Fsp3) is 0.176. The molecular weight excluding hydrogens is 306 g/mol. The number of hydrogen-bond acceptors (Lipinski definition) is 5. The highest BCUT2D eigenvalue weighted by Gasteiger charge is 2.04. The van der Waals surface area contributed by atoms with Crippen LogP contribution >= 0.6 is 0 Å². The molecule has 1 N–H and O–H groups in total. The Balaban J connectivity index is 1.48. The largest absolute Gasteiger partial charge is 0.493 e. The van der Waals surface area contributed by atoms with Crippen molar-refractivity contribution >= 4 is 11.6 Å². The summed E-state index contributed by atoms with van der Waals surface area (Å²) in [5, 5.41) is 13.8. The number of carbonyl (C=O) groups excluding carboxylic acids is 1. The van der Waals surface area contributed by atoms with Crippen molar-refractivity contribution in [1.29, 1.82) is 0 Å². The van der Waals surface area contributed by atoms with Gasteiger partial charge in [0.2, 0.25) is 5.91 Å². The lowest BCUT2D eigenvalue weighted by molar-refractivity contribution is -0.116. The maximum atomic E-state index is 12.0. The van der Waals surface area contributed by atoms with Crippen molar-refractivity contribution in [2.75, 3.05) is 11.9 Å². The van der Waals surface area contributed by atoms with Crippen LogP contribution in [0.25, 0.3) is 5.69 Å². The predicted octanol–water partition coefficient (Wildman–Crippen LogP) is 2.38. The van der Waals surface area contributed by atoms with Crippen LogP contribution in [0.2, 0.25) is 0 Å². The average molecular weight is 323 g/mol. The van der Waals surface area contributed by atoms with Crippen molar-refractivity contribution in [2.24, 2.45) is 0 Å². The maximum absolute atomic E-state index is 12.0. The number of amides is 1. The number of anilines is 1. The van der Waals surface area contributed by atoms with E-state index in [1.165, 1.54) is 6.33 Å². The Hall–Kier alpha value is -3.22. The van der Waals surface area contributed by atoms with Crippen molar-refractivity contribution in [3.05, 3.63) is 60.4 Å². The van der Waals surface area contributed by atoms with Gasteiger partial charge in [0.15, 0.2) is 0 Å². The molecule has 0 spiro atoms. The van der Waals surface area contributed by atoms with Crippen LogP contribution in [-0.2, 0) is 4.79 Å². The average Bonchev–Trinajstić information content (AvgIpc) is 3.10. The van der Waals surface area contributed by atoms with Gasteiger partial charge in [-0.15, -0.1) is 5.10 Å². The van der Waals surface area contributed by atoms with Gasteiger partial charge in [-0.25, -0.2) is 4.68 Å². The van der Waals surface area contributed by atoms with Crippen molar-refractivity contribution in [3.8, 4) is 11.4 Å². The maximum Gasteiger partial charge on any atom is 0.227 e. The second-order valence-corrected chi connectivity index (χ2v) is 5.26. The molecule has 24 heavy (non-hydrogen) atoms. The van der Waals surface area contributed by atoms with E-state index in [4.69, 9.17) is 4.74 Å². The van der Waals surface area contributed by atoms with E-state index in [9.17, 15) is 4.79 Å². The van der Waals surface area contributed by atoms with Crippen molar-refractivity contribution in [2.45, 2.75) is 13.3 Å². The minimum Gasteiger partial charge on any atom is -0.493 e. The summed E-state index contributed by atoms with van der Waals surface area (Å²) in [5.74, 6) is 0.673. The molecular formula is C17H17N5O2. The molecule has 1 heterocycles. The van der Waals surface area contributed by atoms with Crippen molar-refractivity contribution in [3.63, 3.8) is 0 Å². The molecule has 0 saturated heterocycles. The first kappa shape index (κ1) is 15.7. The third-order valence-electron chi connectivity index (χ3n) is 3.35. The molecule has 2 aromatic carbocycles. The lowest BCUT2D eigenvalue weighted by Crippen LogP contribution is -2.15. The number of aromatic nitrogens is 4. The van der Waals surface area contributed by atoms with Gasteiger partial charge < -0.3 is 10.1 Å². The molecule has 3 rings (SSSR count). The number of carbonyl (C=O) groups is 1. The zero-order valence-corrected chi connectivity index (χ0v) is 13.2. The van der Waals surface area contributed by atoms with Gasteiger partial charge in [0.25, 0.3) is 0 Å². The molecule has 0 aliphatic rings. The lowest BCUT2D eigenvalue weighted by Gasteiger charge is -2.08. The van der Waals surface area contributed by atoms with Gasteiger partial charge in [0.1, 0.15) is 12.1 Å². The van der Waals surface area contributed by atoms with E-state index in [1.807, 2.05) is 43.3 Å². The van der Waals surface area contributed by atoms with Crippen molar-refractivity contribution in [1.82, 2.24) is 20.2 Å². The molecule has 0 aliphatic heterocycles. The monoisotopic (exact) mass is 323 g/mol. The molecule has 3 aromatic rings. The third kappa shape index (κ3) is 4.16. The Morgan fingerprint density at radius 3 is 2.75 bits per heavy atom. The molecule has 0 aliphatic carbocycles. The number of aryl methyl sites for hydroxylation is 1. The number of hydrogen-bond donors (Lipinski definition) is 1. The lowest BCUT2D eigenvalue weighted by atomic mass is 10.2. The van der Waals surface area contributed by atoms with Crippen LogP contribution in [0.3, 0.4) is 0 Å². The molecule has 122 valence electrons. The summed E-state index contributed by atoms with van der Waals surface area (Å²) in [6, 6.07) is 15.0. The Morgan fingerprint density at radius 2 is 2.04 bits per heavy atom. The van der Waals surface area contributed by atoms with Gasteiger partial charge in [-0.3, -0.25) is 4.79 Å². The first-order chi connectivity index (χ1) is 11.7. The van der Waals surface area contributed by atoms with Gasteiger partial charge in [-0.05, 0) is 59.3 Å². The minimum absolute atomic E-state index is 0.0992. The van der Waals surface area contributed by atoms with E-state index >= 15 is 0 Å². The first-order valence-corrected chi connectivity index (χ1v) is 7.53. The van der Waals surface area contributed by atoms with Crippen LogP contribution in [0.5, 0.6) is 5.75 Å². The SMILES string of the molecule is Cc1cccc(OCCC(=O)Nc2ccc(-n3cnnn3)cc2)c1. The Labute approximate surface area is 139 Å². The van der Waals surface area contributed by atoms with Crippen LogP contribution in [-0.4, -0.2) is 32.7 Å². The summed E-state index contributed by atoms with van der Waals surface area (Å²) < 4.78 is 7.12. The fourth-order valence-corrected chi connectivity index (χ4v) is 2.17. The van der Waals surface area contributed by atoms with Crippen LogP contribution in [0.1, 0.15) is 12.0 Å². The summed E-state index contributed by atoms with van der Waals surface area (Å²) in [6.07, 6.45) is 1.79. The first-order valence-electron chi connectivity index (χ1n) is 7.53. The van der Waals surface area contributed by atoms with E-state index in [0.29, 0.717) is 12.3 Å².